The highest BCUT2D eigenvalue weighted by atomic mass is 16.3. The second kappa shape index (κ2) is 7.06. The van der Waals surface area contributed by atoms with E-state index in [0.29, 0.717) is 30.4 Å². The zero-order valence-corrected chi connectivity index (χ0v) is 14.3. The van der Waals surface area contributed by atoms with Crippen molar-refractivity contribution in [2.45, 2.75) is 32.4 Å². The summed E-state index contributed by atoms with van der Waals surface area (Å²) in [4.78, 5) is 24.7. The van der Waals surface area contributed by atoms with Gasteiger partial charge in [-0.1, -0.05) is 0 Å². The van der Waals surface area contributed by atoms with E-state index in [1.54, 1.807) is 24.1 Å². The first-order valence-electron chi connectivity index (χ1n) is 8.20. The lowest BCUT2D eigenvalue weighted by atomic mass is 10.0. The van der Waals surface area contributed by atoms with E-state index in [9.17, 15) is 15.0 Å². The highest BCUT2D eigenvalue weighted by Gasteiger charge is 2.30. The summed E-state index contributed by atoms with van der Waals surface area (Å²) in [5.41, 5.74) is 0.539. The van der Waals surface area contributed by atoms with Crippen LogP contribution >= 0.6 is 0 Å². The third kappa shape index (κ3) is 3.41. The standard InChI is InChI=1S/C16H22N6O3/c1-10-15(24)14(20-19-10)16(25)22-7-3-4-11(8-22)21(2)13-5-6-17-12(9-23)18-13/h5-6,11,23-24H,3-4,7-9H2,1-2H3,(H,19,20). The Morgan fingerprint density at radius 1 is 1.52 bits per heavy atom. The molecule has 9 nitrogen and oxygen atoms in total. The fourth-order valence-electron chi connectivity index (χ4n) is 3.04. The van der Waals surface area contributed by atoms with Gasteiger partial charge in [0.15, 0.2) is 17.3 Å². The highest BCUT2D eigenvalue weighted by molar-refractivity contribution is 5.95. The topological polar surface area (TPSA) is 118 Å². The number of likely N-dealkylation sites (tertiary alicyclic amines) is 1. The minimum atomic E-state index is -0.255. The van der Waals surface area contributed by atoms with Gasteiger partial charge in [-0.05, 0) is 25.8 Å². The van der Waals surface area contributed by atoms with Crippen molar-refractivity contribution in [2.75, 3.05) is 25.0 Å². The third-order valence-electron chi connectivity index (χ3n) is 4.55. The minimum Gasteiger partial charge on any atom is -0.504 e. The number of aromatic amines is 1. The van der Waals surface area contributed by atoms with E-state index in [-0.39, 0.29) is 30.0 Å². The van der Waals surface area contributed by atoms with Gasteiger partial charge in [-0.15, -0.1) is 0 Å². The average molecular weight is 346 g/mol. The largest absolute Gasteiger partial charge is 0.504 e. The summed E-state index contributed by atoms with van der Waals surface area (Å²) in [6.07, 6.45) is 3.39. The second-order valence-electron chi connectivity index (χ2n) is 6.18. The number of carbonyl (C=O) groups is 1. The minimum absolute atomic E-state index is 0.0882. The van der Waals surface area contributed by atoms with E-state index >= 15 is 0 Å². The van der Waals surface area contributed by atoms with Gasteiger partial charge in [-0.25, -0.2) is 9.97 Å². The quantitative estimate of drug-likeness (QED) is 0.735. The van der Waals surface area contributed by atoms with Crippen molar-refractivity contribution >= 4 is 11.7 Å². The number of nitrogens with zero attached hydrogens (tertiary/aromatic N) is 5. The molecule has 0 radical (unpaired) electrons. The maximum absolute atomic E-state index is 12.7. The summed E-state index contributed by atoms with van der Waals surface area (Å²) >= 11 is 0. The molecule has 1 fully saturated rings. The number of piperidine rings is 1. The molecule has 1 aliphatic heterocycles. The van der Waals surface area contributed by atoms with Crippen LogP contribution in [0.5, 0.6) is 5.75 Å². The Morgan fingerprint density at radius 3 is 3.00 bits per heavy atom. The maximum Gasteiger partial charge on any atom is 0.275 e. The van der Waals surface area contributed by atoms with Crippen LogP contribution in [0.1, 0.15) is 34.8 Å². The third-order valence-corrected chi connectivity index (χ3v) is 4.55. The first-order chi connectivity index (χ1) is 12.0. The van der Waals surface area contributed by atoms with Crippen molar-refractivity contribution in [1.29, 1.82) is 0 Å². The van der Waals surface area contributed by atoms with Crippen LogP contribution in [0.4, 0.5) is 5.82 Å². The number of hydrogen-bond acceptors (Lipinski definition) is 7. The zero-order chi connectivity index (χ0) is 18.0. The normalized spacial score (nSPS) is 17.6. The summed E-state index contributed by atoms with van der Waals surface area (Å²) in [5.74, 6) is 0.725. The summed E-state index contributed by atoms with van der Waals surface area (Å²) in [6, 6.07) is 1.87. The SMILES string of the molecule is Cc1n[nH]c(C(=O)N2CCCC(N(C)c3ccnc(CO)n3)C2)c1O. The van der Waals surface area contributed by atoms with Gasteiger partial charge in [0.2, 0.25) is 0 Å². The number of aliphatic hydroxyl groups excluding tert-OH is 1. The number of H-pyrrole nitrogens is 1. The lowest BCUT2D eigenvalue weighted by Gasteiger charge is -2.38. The Hall–Kier alpha value is -2.68. The fourth-order valence-corrected chi connectivity index (χ4v) is 3.04. The lowest BCUT2D eigenvalue weighted by molar-refractivity contribution is 0.0698. The number of aromatic nitrogens is 4. The zero-order valence-electron chi connectivity index (χ0n) is 14.3. The van der Waals surface area contributed by atoms with E-state index in [2.05, 4.69) is 20.2 Å². The van der Waals surface area contributed by atoms with Crippen LogP contribution in [0.25, 0.3) is 0 Å². The van der Waals surface area contributed by atoms with E-state index in [0.717, 1.165) is 12.8 Å². The summed E-state index contributed by atoms with van der Waals surface area (Å²) < 4.78 is 0. The number of aromatic hydroxyl groups is 1. The smallest absolute Gasteiger partial charge is 0.275 e. The molecule has 0 saturated carbocycles. The van der Waals surface area contributed by atoms with Gasteiger partial charge in [0, 0.05) is 32.4 Å². The van der Waals surface area contributed by atoms with E-state index in [1.165, 1.54) is 0 Å². The Morgan fingerprint density at radius 2 is 2.32 bits per heavy atom. The average Bonchev–Trinajstić information content (AvgIpc) is 2.99. The Bertz CT molecular complexity index is 762. The fraction of sp³-hybridized carbons (Fsp3) is 0.500. The van der Waals surface area contributed by atoms with Crippen LogP contribution in [0.15, 0.2) is 12.3 Å². The predicted octanol–water partition coefficient (Wildman–Crippen LogP) is 0.447. The molecule has 1 aliphatic rings. The monoisotopic (exact) mass is 346 g/mol. The molecule has 25 heavy (non-hydrogen) atoms. The maximum atomic E-state index is 12.7. The molecule has 0 aromatic carbocycles. The molecule has 0 aliphatic carbocycles. The van der Waals surface area contributed by atoms with Gasteiger partial charge in [0.05, 0.1) is 0 Å². The number of anilines is 1. The van der Waals surface area contributed by atoms with Crippen molar-refractivity contribution in [1.82, 2.24) is 25.1 Å². The highest BCUT2D eigenvalue weighted by Crippen LogP contribution is 2.24. The van der Waals surface area contributed by atoms with Crippen LogP contribution < -0.4 is 4.90 Å². The molecular weight excluding hydrogens is 324 g/mol. The van der Waals surface area contributed by atoms with E-state index in [1.807, 2.05) is 11.9 Å². The summed E-state index contributed by atoms with van der Waals surface area (Å²) in [6.45, 7) is 2.58. The van der Waals surface area contributed by atoms with Crippen LogP contribution in [-0.2, 0) is 6.61 Å². The lowest BCUT2D eigenvalue weighted by Crippen LogP contribution is -2.49. The molecule has 2 aromatic rings. The van der Waals surface area contributed by atoms with Crippen molar-refractivity contribution < 1.29 is 15.0 Å². The molecule has 134 valence electrons. The van der Waals surface area contributed by atoms with Crippen molar-refractivity contribution in [3.8, 4) is 5.75 Å². The van der Waals surface area contributed by atoms with Crippen LogP contribution in [-0.4, -0.2) is 67.4 Å². The molecule has 1 amide bonds. The van der Waals surface area contributed by atoms with Gasteiger partial charge in [-0.2, -0.15) is 5.10 Å². The molecule has 3 rings (SSSR count). The van der Waals surface area contributed by atoms with Gasteiger partial charge >= 0.3 is 0 Å². The molecule has 1 atom stereocenters. The van der Waals surface area contributed by atoms with Gasteiger partial charge in [-0.3, -0.25) is 9.89 Å². The molecule has 3 N–H and O–H groups in total. The first kappa shape index (κ1) is 17.2. The van der Waals surface area contributed by atoms with Crippen LogP contribution in [0.2, 0.25) is 0 Å². The van der Waals surface area contributed by atoms with Crippen LogP contribution in [0, 0.1) is 6.92 Å². The van der Waals surface area contributed by atoms with Crippen molar-refractivity contribution in [3.05, 3.63) is 29.5 Å². The molecular formula is C16H22N6O3. The summed E-state index contributed by atoms with van der Waals surface area (Å²) in [5, 5.41) is 25.6. The molecule has 9 heteroatoms. The molecule has 3 heterocycles. The van der Waals surface area contributed by atoms with Gasteiger partial charge in [0.25, 0.3) is 5.91 Å². The molecule has 2 aromatic heterocycles. The number of nitrogens with one attached hydrogen (secondary N) is 1. The van der Waals surface area contributed by atoms with Gasteiger partial charge < -0.3 is 20.0 Å². The number of hydrogen-bond donors (Lipinski definition) is 3. The Labute approximate surface area is 145 Å². The molecule has 1 saturated heterocycles. The second-order valence-corrected chi connectivity index (χ2v) is 6.18. The number of carbonyl (C=O) groups excluding carboxylic acids is 1. The number of aliphatic hydroxyl groups is 1. The Kier molecular flexibility index (Phi) is 4.84. The predicted molar refractivity (Wildman–Crippen MR) is 90.3 cm³/mol. The first-order valence-corrected chi connectivity index (χ1v) is 8.20. The number of amides is 1. The van der Waals surface area contributed by atoms with E-state index in [4.69, 9.17) is 0 Å². The molecule has 0 spiro atoms. The van der Waals surface area contributed by atoms with Crippen LogP contribution in [0.3, 0.4) is 0 Å². The molecule has 0 bridgehead atoms. The van der Waals surface area contributed by atoms with Crippen molar-refractivity contribution in [3.63, 3.8) is 0 Å². The number of likely N-dealkylation sites (N-methyl/N-ethyl adjacent to an activating group) is 1. The summed E-state index contributed by atoms with van der Waals surface area (Å²) in [7, 11) is 1.92. The van der Waals surface area contributed by atoms with Gasteiger partial charge in [0.1, 0.15) is 18.1 Å². The Balaban J connectivity index is 1.74. The molecule has 1 unspecified atom stereocenters. The number of aryl methyl sites for hydroxylation is 1. The number of rotatable bonds is 4. The van der Waals surface area contributed by atoms with Crippen molar-refractivity contribution in [2.24, 2.45) is 0 Å². The van der Waals surface area contributed by atoms with E-state index < -0.39 is 0 Å².